The van der Waals surface area contributed by atoms with Crippen molar-refractivity contribution in [3.63, 3.8) is 0 Å². The van der Waals surface area contributed by atoms with Gasteiger partial charge in [-0.3, -0.25) is 0 Å². The Kier molecular flexibility index (Phi) is 2.71. The van der Waals surface area contributed by atoms with E-state index in [0.717, 1.165) is 11.3 Å². The van der Waals surface area contributed by atoms with Gasteiger partial charge in [-0.1, -0.05) is 17.7 Å². The lowest BCUT2D eigenvalue weighted by molar-refractivity contribution is 0.280. The van der Waals surface area contributed by atoms with Crippen LogP contribution in [-0.2, 0) is 6.61 Å². The molecule has 2 aromatic rings. The predicted molar refractivity (Wildman–Crippen MR) is 70.9 cm³/mol. The zero-order chi connectivity index (χ0) is 12.7. The Balaban J connectivity index is 2.13. The lowest BCUT2D eigenvalue weighted by Crippen LogP contribution is -2.04. The van der Waals surface area contributed by atoms with Crippen LogP contribution in [-0.4, -0.2) is 14.9 Å². The molecule has 0 atom stereocenters. The SMILES string of the molecule is Cc1ccc(-n2ncc(CO)c2C2CC2)c(C)c1. The molecule has 1 saturated carbocycles. The summed E-state index contributed by atoms with van der Waals surface area (Å²) in [6.07, 6.45) is 4.22. The summed E-state index contributed by atoms with van der Waals surface area (Å²) in [4.78, 5) is 0. The maximum atomic E-state index is 9.42. The van der Waals surface area contributed by atoms with Crippen LogP contribution in [0.4, 0.5) is 0 Å². The van der Waals surface area contributed by atoms with E-state index in [-0.39, 0.29) is 6.61 Å². The topological polar surface area (TPSA) is 38.0 Å². The summed E-state index contributed by atoms with van der Waals surface area (Å²) in [6, 6.07) is 6.40. The summed E-state index contributed by atoms with van der Waals surface area (Å²) in [5, 5.41) is 13.9. The molecule has 1 aliphatic carbocycles. The molecule has 1 N–H and O–H groups in total. The normalized spacial score (nSPS) is 15.1. The fraction of sp³-hybridized carbons (Fsp3) is 0.400. The molecule has 1 aromatic heterocycles. The van der Waals surface area contributed by atoms with Crippen LogP contribution in [0.25, 0.3) is 5.69 Å². The van der Waals surface area contributed by atoms with E-state index in [9.17, 15) is 5.11 Å². The molecule has 3 rings (SSSR count). The fourth-order valence-electron chi connectivity index (χ4n) is 2.54. The average Bonchev–Trinajstić information content (AvgIpc) is 3.09. The lowest BCUT2D eigenvalue weighted by Gasteiger charge is -2.11. The summed E-state index contributed by atoms with van der Waals surface area (Å²) in [7, 11) is 0. The first-order valence-corrected chi connectivity index (χ1v) is 6.46. The van der Waals surface area contributed by atoms with Crippen molar-refractivity contribution in [2.45, 2.75) is 39.2 Å². The molecular weight excluding hydrogens is 224 g/mol. The van der Waals surface area contributed by atoms with Crippen LogP contribution in [0.3, 0.4) is 0 Å². The van der Waals surface area contributed by atoms with Crippen molar-refractivity contribution in [2.75, 3.05) is 0 Å². The van der Waals surface area contributed by atoms with Crippen molar-refractivity contribution in [1.82, 2.24) is 9.78 Å². The van der Waals surface area contributed by atoms with Gasteiger partial charge in [0.25, 0.3) is 0 Å². The van der Waals surface area contributed by atoms with Crippen LogP contribution >= 0.6 is 0 Å². The van der Waals surface area contributed by atoms with E-state index in [0.29, 0.717) is 5.92 Å². The molecular formula is C15H18N2O. The van der Waals surface area contributed by atoms with Crippen molar-refractivity contribution in [3.8, 4) is 5.69 Å². The highest BCUT2D eigenvalue weighted by Crippen LogP contribution is 2.42. The second-order valence-electron chi connectivity index (χ2n) is 5.19. The Bertz CT molecular complexity index is 582. The second kappa shape index (κ2) is 4.25. The molecule has 18 heavy (non-hydrogen) atoms. The van der Waals surface area contributed by atoms with Crippen LogP contribution in [0.1, 0.15) is 41.1 Å². The zero-order valence-corrected chi connectivity index (χ0v) is 10.8. The maximum absolute atomic E-state index is 9.42. The third-order valence-corrected chi connectivity index (χ3v) is 3.60. The summed E-state index contributed by atoms with van der Waals surface area (Å²) in [5.74, 6) is 0.579. The number of aromatic nitrogens is 2. The largest absolute Gasteiger partial charge is 0.392 e. The van der Waals surface area contributed by atoms with Gasteiger partial charge >= 0.3 is 0 Å². The first-order chi connectivity index (χ1) is 8.70. The lowest BCUT2D eigenvalue weighted by atomic mass is 10.1. The molecule has 1 aliphatic rings. The molecule has 94 valence electrons. The molecule has 1 fully saturated rings. The number of hydrogen-bond acceptors (Lipinski definition) is 2. The molecule has 0 unspecified atom stereocenters. The van der Waals surface area contributed by atoms with Crippen molar-refractivity contribution in [3.05, 3.63) is 46.8 Å². The third-order valence-electron chi connectivity index (χ3n) is 3.60. The van der Waals surface area contributed by atoms with Gasteiger partial charge in [-0.2, -0.15) is 5.10 Å². The minimum absolute atomic E-state index is 0.0801. The molecule has 0 radical (unpaired) electrons. The van der Waals surface area contributed by atoms with Crippen molar-refractivity contribution in [2.24, 2.45) is 0 Å². The van der Waals surface area contributed by atoms with Gasteiger partial charge in [0.1, 0.15) is 0 Å². The number of nitrogens with zero attached hydrogens (tertiary/aromatic N) is 2. The van der Waals surface area contributed by atoms with Gasteiger partial charge in [0.2, 0.25) is 0 Å². The Morgan fingerprint density at radius 2 is 2.11 bits per heavy atom. The standard InChI is InChI=1S/C15H18N2O/c1-10-3-6-14(11(2)7-10)17-15(12-4-5-12)13(9-18)8-16-17/h3,6-8,12,18H,4-5,9H2,1-2H3. The Morgan fingerprint density at radius 1 is 1.33 bits per heavy atom. The second-order valence-corrected chi connectivity index (χ2v) is 5.19. The van der Waals surface area contributed by atoms with Crippen LogP contribution in [0.2, 0.25) is 0 Å². The smallest absolute Gasteiger partial charge is 0.0715 e. The molecule has 0 saturated heterocycles. The first-order valence-electron chi connectivity index (χ1n) is 6.46. The summed E-state index contributed by atoms with van der Waals surface area (Å²) in [6.45, 7) is 4.29. The number of aryl methyl sites for hydroxylation is 2. The van der Waals surface area contributed by atoms with E-state index >= 15 is 0 Å². The van der Waals surface area contributed by atoms with Gasteiger partial charge in [0.05, 0.1) is 24.2 Å². The summed E-state index contributed by atoms with van der Waals surface area (Å²) < 4.78 is 2.01. The molecule has 1 heterocycles. The van der Waals surface area contributed by atoms with Crippen LogP contribution in [0.5, 0.6) is 0 Å². The number of aliphatic hydroxyl groups excluding tert-OH is 1. The maximum Gasteiger partial charge on any atom is 0.0715 e. The number of aliphatic hydroxyl groups is 1. The highest BCUT2D eigenvalue weighted by molar-refractivity contribution is 5.45. The number of benzene rings is 1. The highest BCUT2D eigenvalue weighted by atomic mass is 16.3. The third kappa shape index (κ3) is 1.85. The van der Waals surface area contributed by atoms with Crippen molar-refractivity contribution in [1.29, 1.82) is 0 Å². The monoisotopic (exact) mass is 242 g/mol. The van der Waals surface area contributed by atoms with E-state index < -0.39 is 0 Å². The average molecular weight is 242 g/mol. The highest BCUT2D eigenvalue weighted by Gasteiger charge is 2.30. The van der Waals surface area contributed by atoms with E-state index in [1.807, 2.05) is 4.68 Å². The van der Waals surface area contributed by atoms with E-state index in [1.54, 1.807) is 6.20 Å². The molecule has 1 aromatic carbocycles. The quantitative estimate of drug-likeness (QED) is 0.898. The fourth-order valence-corrected chi connectivity index (χ4v) is 2.54. The Morgan fingerprint density at radius 3 is 2.72 bits per heavy atom. The Labute approximate surface area is 107 Å². The van der Waals surface area contributed by atoms with Gasteiger partial charge in [-0.05, 0) is 38.3 Å². The predicted octanol–water partition coefficient (Wildman–Crippen LogP) is 2.86. The van der Waals surface area contributed by atoms with Gasteiger partial charge < -0.3 is 5.11 Å². The minimum atomic E-state index is 0.0801. The van der Waals surface area contributed by atoms with E-state index in [4.69, 9.17) is 0 Å². The summed E-state index contributed by atoms with van der Waals surface area (Å²) >= 11 is 0. The van der Waals surface area contributed by atoms with Crippen LogP contribution in [0, 0.1) is 13.8 Å². The molecule has 0 bridgehead atoms. The Hall–Kier alpha value is -1.61. The number of hydrogen-bond donors (Lipinski definition) is 1. The molecule has 3 heteroatoms. The molecule has 0 aliphatic heterocycles. The first kappa shape index (κ1) is 11.5. The van der Waals surface area contributed by atoms with Crippen molar-refractivity contribution >= 4 is 0 Å². The van der Waals surface area contributed by atoms with Gasteiger partial charge in [0, 0.05) is 11.5 Å². The van der Waals surface area contributed by atoms with E-state index in [2.05, 4.69) is 37.1 Å². The van der Waals surface area contributed by atoms with Gasteiger partial charge in [0.15, 0.2) is 0 Å². The van der Waals surface area contributed by atoms with Gasteiger partial charge in [-0.25, -0.2) is 4.68 Å². The van der Waals surface area contributed by atoms with Crippen LogP contribution < -0.4 is 0 Å². The van der Waals surface area contributed by atoms with E-state index in [1.165, 1.54) is 29.7 Å². The molecule has 3 nitrogen and oxygen atoms in total. The molecule has 0 spiro atoms. The van der Waals surface area contributed by atoms with Crippen molar-refractivity contribution < 1.29 is 5.11 Å². The molecule has 0 amide bonds. The number of rotatable bonds is 3. The zero-order valence-electron chi connectivity index (χ0n) is 10.8. The van der Waals surface area contributed by atoms with Crippen LogP contribution in [0.15, 0.2) is 24.4 Å². The van der Waals surface area contributed by atoms with Gasteiger partial charge in [-0.15, -0.1) is 0 Å². The minimum Gasteiger partial charge on any atom is -0.392 e. The summed E-state index contributed by atoms with van der Waals surface area (Å²) in [5.41, 5.74) is 5.78.